The van der Waals surface area contributed by atoms with Crippen molar-refractivity contribution in [3.8, 4) is 0 Å². The molecule has 0 aliphatic carbocycles. The van der Waals surface area contributed by atoms with Gasteiger partial charge in [0.15, 0.2) is 0 Å². The number of hydrogen-bond acceptors (Lipinski definition) is 5. The van der Waals surface area contributed by atoms with Crippen molar-refractivity contribution in [3.05, 3.63) is 23.5 Å². The standard InChI is InChI=1S/C12H18N2O3S/c1-7-4-10(9(5-13-7)12(16)17)14-8(2)11(6-15)18-3/h4-5,8,11,15H,6H2,1-3H3,(H,13,14)(H,16,17). The van der Waals surface area contributed by atoms with Crippen LogP contribution >= 0.6 is 11.8 Å². The van der Waals surface area contributed by atoms with Gasteiger partial charge >= 0.3 is 5.97 Å². The van der Waals surface area contributed by atoms with E-state index in [1.54, 1.807) is 24.8 Å². The number of rotatable bonds is 6. The molecule has 1 heterocycles. The maximum atomic E-state index is 11.1. The molecular formula is C12H18N2O3S. The van der Waals surface area contributed by atoms with Crippen molar-refractivity contribution in [1.29, 1.82) is 0 Å². The van der Waals surface area contributed by atoms with Crippen molar-refractivity contribution in [2.45, 2.75) is 25.1 Å². The third-order valence-electron chi connectivity index (χ3n) is 2.69. The minimum absolute atomic E-state index is 0.0140. The highest BCUT2D eigenvalue weighted by molar-refractivity contribution is 7.99. The van der Waals surface area contributed by atoms with Crippen LogP contribution in [0.4, 0.5) is 5.69 Å². The van der Waals surface area contributed by atoms with E-state index in [0.29, 0.717) is 5.69 Å². The molecule has 0 spiro atoms. The van der Waals surface area contributed by atoms with E-state index in [2.05, 4.69) is 10.3 Å². The van der Waals surface area contributed by atoms with Gasteiger partial charge in [-0.25, -0.2) is 4.79 Å². The van der Waals surface area contributed by atoms with E-state index in [1.807, 2.05) is 13.2 Å². The number of hydrogen-bond donors (Lipinski definition) is 3. The lowest BCUT2D eigenvalue weighted by atomic mass is 10.1. The van der Waals surface area contributed by atoms with Crippen LogP contribution in [0.3, 0.4) is 0 Å². The summed E-state index contributed by atoms with van der Waals surface area (Å²) < 4.78 is 0. The summed E-state index contributed by atoms with van der Waals surface area (Å²) in [4.78, 5) is 15.1. The molecule has 100 valence electrons. The zero-order valence-corrected chi connectivity index (χ0v) is 11.5. The van der Waals surface area contributed by atoms with E-state index in [1.165, 1.54) is 6.20 Å². The van der Waals surface area contributed by atoms with Gasteiger partial charge < -0.3 is 15.5 Å². The number of pyridine rings is 1. The van der Waals surface area contributed by atoms with Crippen LogP contribution in [0.15, 0.2) is 12.3 Å². The fourth-order valence-electron chi connectivity index (χ4n) is 1.62. The predicted octanol–water partition coefficient (Wildman–Crippen LogP) is 1.61. The number of nitrogens with one attached hydrogen (secondary N) is 1. The second kappa shape index (κ2) is 6.61. The Bertz CT molecular complexity index is 422. The van der Waals surface area contributed by atoms with Crippen LogP contribution < -0.4 is 5.32 Å². The summed E-state index contributed by atoms with van der Waals surface area (Å²) in [6.07, 6.45) is 3.26. The van der Waals surface area contributed by atoms with Gasteiger partial charge in [-0.15, -0.1) is 0 Å². The molecule has 1 rings (SSSR count). The third kappa shape index (κ3) is 3.61. The van der Waals surface area contributed by atoms with Crippen molar-refractivity contribution in [3.63, 3.8) is 0 Å². The lowest BCUT2D eigenvalue weighted by Crippen LogP contribution is -2.31. The molecule has 6 heteroatoms. The zero-order chi connectivity index (χ0) is 13.7. The van der Waals surface area contributed by atoms with Gasteiger partial charge in [0.2, 0.25) is 0 Å². The normalized spacial score (nSPS) is 14.0. The van der Waals surface area contributed by atoms with Crippen molar-refractivity contribution in [2.75, 3.05) is 18.2 Å². The van der Waals surface area contributed by atoms with E-state index in [4.69, 9.17) is 5.11 Å². The molecule has 0 fully saturated rings. The first-order chi connectivity index (χ1) is 8.49. The number of carboxylic acid groups (broad SMARTS) is 1. The van der Waals surface area contributed by atoms with Crippen LogP contribution in [0.5, 0.6) is 0 Å². The largest absolute Gasteiger partial charge is 0.478 e. The molecule has 0 aromatic carbocycles. The lowest BCUT2D eigenvalue weighted by Gasteiger charge is -2.23. The first-order valence-corrected chi connectivity index (χ1v) is 6.88. The average Bonchev–Trinajstić information content (AvgIpc) is 2.30. The molecule has 0 aliphatic heterocycles. The Morgan fingerprint density at radius 2 is 2.28 bits per heavy atom. The summed E-state index contributed by atoms with van der Waals surface area (Å²) in [5.74, 6) is -1.01. The number of aliphatic hydroxyl groups is 1. The van der Waals surface area contributed by atoms with Gasteiger partial charge in [0.25, 0.3) is 0 Å². The van der Waals surface area contributed by atoms with Gasteiger partial charge in [0.1, 0.15) is 5.56 Å². The summed E-state index contributed by atoms with van der Waals surface area (Å²) in [6.45, 7) is 3.76. The van der Waals surface area contributed by atoms with Gasteiger partial charge in [-0.1, -0.05) is 0 Å². The highest BCUT2D eigenvalue weighted by atomic mass is 32.2. The van der Waals surface area contributed by atoms with Crippen molar-refractivity contribution in [2.24, 2.45) is 0 Å². The summed E-state index contributed by atoms with van der Waals surface area (Å²) in [6, 6.07) is 1.67. The molecule has 0 saturated carbocycles. The minimum Gasteiger partial charge on any atom is -0.478 e. The number of thioether (sulfide) groups is 1. The number of aliphatic hydroxyl groups excluding tert-OH is 1. The number of anilines is 1. The first-order valence-electron chi connectivity index (χ1n) is 5.59. The molecule has 5 nitrogen and oxygen atoms in total. The molecule has 0 amide bonds. The molecule has 3 N–H and O–H groups in total. The summed E-state index contributed by atoms with van der Waals surface area (Å²) >= 11 is 1.54. The van der Waals surface area contributed by atoms with E-state index < -0.39 is 5.97 Å². The number of carbonyl (C=O) groups is 1. The topological polar surface area (TPSA) is 82.5 Å². The number of carboxylic acids is 1. The number of nitrogens with zero attached hydrogens (tertiary/aromatic N) is 1. The molecule has 2 unspecified atom stereocenters. The Labute approximate surface area is 111 Å². The Morgan fingerprint density at radius 3 is 2.78 bits per heavy atom. The molecule has 0 bridgehead atoms. The monoisotopic (exact) mass is 270 g/mol. The Balaban J connectivity index is 2.95. The van der Waals surface area contributed by atoms with E-state index in [0.717, 1.165) is 5.69 Å². The second-order valence-corrected chi connectivity index (χ2v) is 5.14. The van der Waals surface area contributed by atoms with Crippen LogP contribution in [0.25, 0.3) is 0 Å². The Morgan fingerprint density at radius 1 is 1.61 bits per heavy atom. The molecule has 2 atom stereocenters. The predicted molar refractivity (Wildman–Crippen MR) is 73.4 cm³/mol. The molecule has 1 aromatic heterocycles. The van der Waals surface area contributed by atoms with Gasteiger partial charge in [-0.2, -0.15) is 11.8 Å². The fraction of sp³-hybridized carbons (Fsp3) is 0.500. The van der Waals surface area contributed by atoms with Crippen LogP contribution in [-0.4, -0.2) is 45.3 Å². The maximum absolute atomic E-state index is 11.1. The lowest BCUT2D eigenvalue weighted by molar-refractivity contribution is 0.0697. The van der Waals surface area contributed by atoms with Gasteiger partial charge in [0.05, 0.1) is 12.3 Å². The third-order valence-corrected chi connectivity index (χ3v) is 3.86. The molecular weight excluding hydrogens is 252 g/mol. The Hall–Kier alpha value is -1.27. The summed E-state index contributed by atoms with van der Waals surface area (Å²) in [5, 5.41) is 21.5. The summed E-state index contributed by atoms with van der Waals surface area (Å²) in [5.41, 5.74) is 1.43. The van der Waals surface area contributed by atoms with Gasteiger partial charge in [0, 0.05) is 23.2 Å². The van der Waals surface area contributed by atoms with Crippen molar-refractivity contribution < 1.29 is 15.0 Å². The van der Waals surface area contributed by atoms with Crippen LogP contribution in [0.2, 0.25) is 0 Å². The molecule has 0 saturated heterocycles. The van der Waals surface area contributed by atoms with Crippen LogP contribution in [-0.2, 0) is 0 Å². The molecule has 0 radical (unpaired) electrons. The molecule has 18 heavy (non-hydrogen) atoms. The Kier molecular flexibility index (Phi) is 5.43. The van der Waals surface area contributed by atoms with Crippen LogP contribution in [0, 0.1) is 6.92 Å². The SMILES string of the molecule is CSC(CO)C(C)Nc1cc(C)ncc1C(=O)O. The van der Waals surface area contributed by atoms with Crippen molar-refractivity contribution >= 4 is 23.4 Å². The highest BCUT2D eigenvalue weighted by Crippen LogP contribution is 2.20. The highest BCUT2D eigenvalue weighted by Gasteiger charge is 2.18. The second-order valence-electron chi connectivity index (χ2n) is 4.07. The average molecular weight is 270 g/mol. The number of aromatic carboxylic acids is 1. The van der Waals surface area contributed by atoms with E-state index in [-0.39, 0.29) is 23.5 Å². The van der Waals surface area contributed by atoms with Gasteiger partial charge in [-0.3, -0.25) is 4.98 Å². The fourth-order valence-corrected chi connectivity index (χ4v) is 2.25. The quantitative estimate of drug-likeness (QED) is 0.728. The molecule has 0 aliphatic rings. The first kappa shape index (κ1) is 14.8. The van der Waals surface area contributed by atoms with Crippen LogP contribution in [0.1, 0.15) is 23.0 Å². The van der Waals surface area contributed by atoms with Crippen molar-refractivity contribution in [1.82, 2.24) is 4.98 Å². The number of aryl methyl sites for hydroxylation is 1. The zero-order valence-electron chi connectivity index (χ0n) is 10.7. The van der Waals surface area contributed by atoms with E-state index in [9.17, 15) is 9.90 Å². The smallest absolute Gasteiger partial charge is 0.339 e. The number of aromatic nitrogens is 1. The summed E-state index contributed by atoms with van der Waals surface area (Å²) in [7, 11) is 0. The maximum Gasteiger partial charge on any atom is 0.339 e. The molecule has 1 aromatic rings. The van der Waals surface area contributed by atoms with E-state index >= 15 is 0 Å². The van der Waals surface area contributed by atoms with Gasteiger partial charge in [-0.05, 0) is 26.2 Å². The minimum atomic E-state index is -1.01.